The first kappa shape index (κ1) is 66.0. The molecule has 0 saturated carbocycles. The van der Waals surface area contributed by atoms with E-state index in [0.29, 0.717) is 42.6 Å². The first-order valence-corrected chi connectivity index (χ1v) is 29.9. The predicted molar refractivity (Wildman–Crippen MR) is 354 cm³/mol. The van der Waals surface area contributed by atoms with E-state index in [4.69, 9.17) is 19.0 Å². The smallest absolute Gasteiger partial charge is 0.435 e. The van der Waals surface area contributed by atoms with Gasteiger partial charge in [0.05, 0.1) is 4.90 Å². The van der Waals surface area contributed by atoms with Crippen LogP contribution in [0.3, 0.4) is 0 Å². The number of rotatable bonds is 17. The number of hydrogen-bond donors (Lipinski definition) is 5. The third-order valence-electron chi connectivity index (χ3n) is 14.7. The Balaban J connectivity index is 0.000000164. The minimum atomic E-state index is -3.61. The molecule has 0 radical (unpaired) electrons. The van der Waals surface area contributed by atoms with Crippen LogP contribution in [0.15, 0.2) is 212 Å². The zero-order valence-corrected chi connectivity index (χ0v) is 51.0. The van der Waals surface area contributed by atoms with Crippen molar-refractivity contribution < 1.29 is 60.8 Å². The summed E-state index contributed by atoms with van der Waals surface area (Å²) in [4.78, 5) is 44.5. The fraction of sp³-hybridized carbons (Fsp3) is 0.167. The largest absolute Gasteiger partial charge is 1.00 e. The van der Waals surface area contributed by atoms with E-state index in [9.17, 15) is 18.0 Å². The quantitative estimate of drug-likeness (QED) is 0.0327. The molecule has 0 aliphatic carbocycles. The molecule has 448 valence electrons. The van der Waals surface area contributed by atoms with Crippen LogP contribution >= 0.6 is 0 Å². The van der Waals surface area contributed by atoms with Gasteiger partial charge in [0.2, 0.25) is 27.7 Å². The molecule has 6 N–H and O–H groups in total. The normalized spacial score (nSPS) is 11.0. The average molecular weight is 1210 g/mol. The summed E-state index contributed by atoms with van der Waals surface area (Å²) in [6.45, 7) is 7.06. The van der Waals surface area contributed by atoms with Crippen molar-refractivity contribution in [1.82, 2.24) is 34.6 Å². The van der Waals surface area contributed by atoms with E-state index < -0.39 is 10.0 Å². The molecule has 0 atom stereocenters. The Kier molecular flexibility index (Phi) is 22.8. The van der Waals surface area contributed by atoms with Gasteiger partial charge in [-0.3, -0.25) is 11.1 Å². The summed E-state index contributed by atoms with van der Waals surface area (Å²) in [5.74, 6) is 1.75. The number of nitrogens with two attached hydrogens (primary N) is 1. The second-order valence-electron chi connectivity index (χ2n) is 20.3. The molecule has 0 bridgehead atoms. The summed E-state index contributed by atoms with van der Waals surface area (Å²) in [5.41, 5.74) is 21.3. The van der Waals surface area contributed by atoms with E-state index >= 15 is 0 Å². The standard InChI is InChI=1S/C28H29N3O3S.C17H15N3O.C17H13N2O.C8H4O2.2CH4.Na/c1-2-3-4-9-20-14-16-21(17-15-20)35(32,33)29-19-18-23-22-10-5-6-11-24(22)30-27(23)28-31-25-12-7-8-13-26(25)34-28;18-10-9-12-11-5-1-2-6-13(11)19-16(12)17-20-14-7-3-4-8-15(14)21-17;1-2-11-12-7-3-4-8-13(12)18-16(11)17-19-14-9-5-6-10-15(14)20-17;9-5-7-3-1-2-4-8(7)6-10;;;/h5-8,10-17,29-30H,2-4,9,18-19H2,1H3;1-8,19H,9-10,18H2;3-10,18H,1-2H2;1-4H;2*1H4;/q;;-1;-2;;;+1. The zero-order valence-electron chi connectivity index (χ0n) is 48.2. The van der Waals surface area contributed by atoms with E-state index in [0.717, 1.165) is 97.1 Å². The van der Waals surface area contributed by atoms with Gasteiger partial charge in [-0.2, -0.15) is 6.42 Å². The number of para-hydroxylation sites is 9. The molecule has 14 aromatic rings. The van der Waals surface area contributed by atoms with Crippen LogP contribution in [0.25, 0.3) is 101 Å². The third kappa shape index (κ3) is 15.0. The Hall–Kier alpha value is -9.00. The molecule has 0 unspecified atom stereocenters. The van der Waals surface area contributed by atoms with E-state index in [1.54, 1.807) is 36.8 Å². The maximum atomic E-state index is 12.9. The van der Waals surface area contributed by atoms with Crippen molar-refractivity contribution in [2.45, 2.75) is 71.6 Å². The second kappa shape index (κ2) is 30.8. The number of nitrogens with one attached hydrogen (secondary N) is 4. The molecule has 0 aliphatic rings. The van der Waals surface area contributed by atoms with Crippen LogP contribution < -0.4 is 40.0 Å². The minimum absolute atomic E-state index is 0. The van der Waals surface area contributed by atoms with E-state index in [1.807, 2.05) is 133 Å². The zero-order chi connectivity index (χ0) is 59.4. The van der Waals surface area contributed by atoms with Gasteiger partial charge >= 0.3 is 29.6 Å². The number of carbonyl (C=O) groups excluding carboxylic acids is 2. The van der Waals surface area contributed by atoms with Gasteiger partial charge in [-0.05, 0) is 134 Å². The number of aromatic amines is 3. The van der Waals surface area contributed by atoms with Crippen molar-refractivity contribution >= 4 is 88.6 Å². The molecule has 8 aromatic carbocycles. The number of aryl methyl sites for hydroxylation is 1. The first-order chi connectivity index (χ1) is 42.2. The Morgan fingerprint density at radius 2 is 0.876 bits per heavy atom. The number of aromatic nitrogens is 6. The number of unbranched alkanes of at least 4 members (excludes halogenated alkanes) is 2. The Morgan fingerprint density at radius 1 is 0.494 bits per heavy atom. The van der Waals surface area contributed by atoms with Gasteiger partial charge in [0.15, 0.2) is 16.7 Å². The number of H-pyrrole nitrogens is 3. The molecular weight excluding hydrogens is 1140 g/mol. The summed E-state index contributed by atoms with van der Waals surface area (Å²) >= 11 is 0. The van der Waals surface area contributed by atoms with E-state index in [-0.39, 0.29) is 67.0 Å². The maximum absolute atomic E-state index is 12.9. The Morgan fingerprint density at radius 3 is 1.28 bits per heavy atom. The fourth-order valence-electron chi connectivity index (χ4n) is 10.5. The van der Waals surface area contributed by atoms with Gasteiger partial charge in [0, 0.05) is 39.3 Å². The summed E-state index contributed by atoms with van der Waals surface area (Å²) < 4.78 is 46.3. The number of nitrogens with zero attached hydrogens (tertiary/aromatic N) is 3. The Bertz CT molecular complexity index is 4620. The van der Waals surface area contributed by atoms with Crippen LogP contribution in [0.2, 0.25) is 0 Å². The molecule has 6 heterocycles. The Labute approximate surface area is 539 Å². The maximum Gasteiger partial charge on any atom is 1.00 e. The van der Waals surface area contributed by atoms with Crippen molar-refractivity contribution in [1.29, 1.82) is 0 Å². The monoisotopic (exact) mass is 1210 g/mol. The van der Waals surface area contributed by atoms with Crippen molar-refractivity contribution in [3.63, 3.8) is 0 Å². The molecular formula is C72H69N8NaO7S-2. The van der Waals surface area contributed by atoms with Gasteiger partial charge in [0.1, 0.15) is 33.6 Å². The SMILES string of the molecule is C.C.CCCCCc1ccc(S(=O)(=O)NCCc2c(-c3nc4ccccc4o3)[nH]c3ccccc23)cc1.NCCc1c(-c2nc3ccccc3o2)[nH]c2ccccc12.O=[C-]c1ccccc1[C-]=O.[CH2-]Cc1c(-c2nc3ccccc3o2)[nH]c2ccccc12.[Na+]. The molecule has 0 spiro atoms. The first-order valence-electron chi connectivity index (χ1n) is 28.5. The fourth-order valence-corrected chi connectivity index (χ4v) is 11.5. The number of benzene rings is 8. The van der Waals surface area contributed by atoms with Crippen LogP contribution in [0.4, 0.5) is 0 Å². The molecule has 0 amide bonds. The number of hydrogen-bond acceptors (Lipinski definition) is 11. The molecule has 0 saturated heterocycles. The summed E-state index contributed by atoms with van der Waals surface area (Å²) in [6, 6.07) is 61.2. The second-order valence-corrected chi connectivity index (χ2v) is 22.1. The predicted octanol–water partition coefficient (Wildman–Crippen LogP) is 12.9. The van der Waals surface area contributed by atoms with Crippen LogP contribution in [0.1, 0.15) is 74.4 Å². The van der Waals surface area contributed by atoms with Gasteiger partial charge in [0.25, 0.3) is 0 Å². The van der Waals surface area contributed by atoms with Gasteiger partial charge in [-0.25, -0.2) is 40.2 Å². The molecule has 89 heavy (non-hydrogen) atoms. The van der Waals surface area contributed by atoms with E-state index in [1.165, 1.54) is 46.9 Å². The number of oxazole rings is 3. The number of sulfonamides is 1. The summed E-state index contributed by atoms with van der Waals surface area (Å²) in [7, 11) is -3.61. The third-order valence-corrected chi connectivity index (χ3v) is 16.2. The van der Waals surface area contributed by atoms with Crippen molar-refractivity contribution in [3.8, 4) is 34.8 Å². The van der Waals surface area contributed by atoms with Crippen LogP contribution in [-0.2, 0) is 45.3 Å². The van der Waals surface area contributed by atoms with Crippen LogP contribution in [-0.4, -0.2) is 64.0 Å². The van der Waals surface area contributed by atoms with Gasteiger partial charge in [-0.15, -0.1) is 12.1 Å². The number of fused-ring (bicyclic) bond motifs is 6. The van der Waals surface area contributed by atoms with Crippen LogP contribution in [0.5, 0.6) is 0 Å². The van der Waals surface area contributed by atoms with Gasteiger partial charge < -0.3 is 50.4 Å². The summed E-state index contributed by atoms with van der Waals surface area (Å²) in [6.07, 6.45) is 9.68. The van der Waals surface area contributed by atoms with Crippen molar-refractivity contribution in [2.75, 3.05) is 13.1 Å². The summed E-state index contributed by atoms with van der Waals surface area (Å²) in [5, 5.41) is 3.39. The van der Waals surface area contributed by atoms with Gasteiger partial charge in [-0.1, -0.05) is 138 Å². The van der Waals surface area contributed by atoms with E-state index in [2.05, 4.69) is 72.7 Å². The minimum Gasteiger partial charge on any atom is -0.435 e. The van der Waals surface area contributed by atoms with Crippen LogP contribution in [0, 0.1) is 6.92 Å². The molecule has 6 aromatic heterocycles. The molecule has 14 rings (SSSR count). The molecule has 0 aliphatic heterocycles. The average Bonchev–Trinajstić information content (AvgIpc) is 3.50. The molecule has 0 fully saturated rings. The topological polar surface area (TPSA) is 232 Å². The molecule has 15 nitrogen and oxygen atoms in total. The van der Waals surface area contributed by atoms with Crippen molar-refractivity contribution in [2.24, 2.45) is 5.73 Å². The molecule has 17 heteroatoms. The van der Waals surface area contributed by atoms with Crippen molar-refractivity contribution in [3.05, 3.63) is 234 Å².